The fraction of sp³-hybridized carbons (Fsp3) is 0.500. The van der Waals surface area contributed by atoms with E-state index in [1.807, 2.05) is 18.2 Å². The lowest BCUT2D eigenvalue weighted by Gasteiger charge is -2.20. The Labute approximate surface area is 95.6 Å². The highest BCUT2D eigenvalue weighted by molar-refractivity contribution is 5.86. The second-order valence-corrected chi connectivity index (χ2v) is 4.80. The maximum Gasteiger partial charge on any atom is 0.164 e. The van der Waals surface area contributed by atoms with E-state index in [9.17, 15) is 4.79 Å². The Kier molecular flexibility index (Phi) is 2.52. The Morgan fingerprint density at radius 1 is 1.12 bits per heavy atom. The van der Waals surface area contributed by atoms with E-state index in [-0.39, 0.29) is 18.1 Å². The average molecular weight is 216 g/mol. The number of fused-ring (bicyclic) bond motifs is 2. The molecule has 3 rings (SSSR count). The number of rotatable bonds is 1. The van der Waals surface area contributed by atoms with Gasteiger partial charge in [-0.15, -0.1) is 0 Å². The minimum Gasteiger partial charge on any atom is -0.366 e. The van der Waals surface area contributed by atoms with E-state index in [0.29, 0.717) is 12.2 Å². The number of Topliss-reactive ketones (excluding diaryl/α,β-unsaturated/α-hetero) is 1. The SMILES string of the molecule is O=C1C[C@H]2CCC[C@H](c3ccccc3)[C@@H]1O2. The number of benzene rings is 1. The van der Waals surface area contributed by atoms with Crippen LogP contribution in [0.1, 0.15) is 37.2 Å². The number of hydrogen-bond acceptors (Lipinski definition) is 2. The summed E-state index contributed by atoms with van der Waals surface area (Å²) in [5, 5.41) is 0. The summed E-state index contributed by atoms with van der Waals surface area (Å²) < 4.78 is 5.85. The van der Waals surface area contributed by atoms with Crippen LogP contribution >= 0.6 is 0 Å². The smallest absolute Gasteiger partial charge is 0.164 e. The first-order valence-corrected chi connectivity index (χ1v) is 6.08. The second-order valence-electron chi connectivity index (χ2n) is 4.80. The van der Waals surface area contributed by atoms with Gasteiger partial charge in [0.2, 0.25) is 0 Å². The highest BCUT2D eigenvalue weighted by atomic mass is 16.5. The summed E-state index contributed by atoms with van der Waals surface area (Å²) in [4.78, 5) is 11.9. The predicted octanol–water partition coefficient (Wildman–Crippen LogP) is 2.68. The first-order valence-electron chi connectivity index (χ1n) is 6.08. The minimum absolute atomic E-state index is 0.171. The van der Waals surface area contributed by atoms with Crippen molar-refractivity contribution in [1.82, 2.24) is 0 Å². The highest BCUT2D eigenvalue weighted by Gasteiger charge is 2.41. The molecule has 0 N–H and O–H groups in total. The number of ketones is 1. The monoisotopic (exact) mass is 216 g/mol. The van der Waals surface area contributed by atoms with Crippen LogP contribution in [0.4, 0.5) is 0 Å². The molecule has 2 aliphatic heterocycles. The number of carbonyl (C=O) groups excluding carboxylic acids is 1. The molecule has 3 atom stereocenters. The van der Waals surface area contributed by atoms with E-state index in [1.165, 1.54) is 12.0 Å². The van der Waals surface area contributed by atoms with E-state index in [0.717, 1.165) is 12.8 Å². The topological polar surface area (TPSA) is 26.3 Å². The molecule has 0 spiro atoms. The quantitative estimate of drug-likeness (QED) is 0.721. The standard InChI is InChI=1S/C14H16O2/c15-13-9-11-7-4-8-12(14(13)16-11)10-5-2-1-3-6-10/h1-3,5-6,11-12,14H,4,7-9H2/t11-,12-,14+/m1/s1. The number of ether oxygens (including phenoxy) is 1. The molecule has 1 aromatic rings. The first-order chi connectivity index (χ1) is 7.84. The maximum absolute atomic E-state index is 11.9. The lowest BCUT2D eigenvalue weighted by Crippen LogP contribution is -2.24. The molecule has 0 aromatic heterocycles. The van der Waals surface area contributed by atoms with E-state index in [4.69, 9.17) is 4.74 Å². The number of hydrogen-bond donors (Lipinski definition) is 0. The third-order valence-corrected chi connectivity index (χ3v) is 3.72. The van der Waals surface area contributed by atoms with Gasteiger partial charge in [-0.1, -0.05) is 36.8 Å². The van der Waals surface area contributed by atoms with Crippen molar-refractivity contribution in [3.8, 4) is 0 Å². The lowest BCUT2D eigenvalue weighted by molar-refractivity contribution is -0.123. The molecule has 2 heterocycles. The fourth-order valence-corrected chi connectivity index (χ4v) is 2.92. The normalized spacial score (nSPS) is 33.8. The summed E-state index contributed by atoms with van der Waals surface area (Å²) in [6.45, 7) is 0. The zero-order valence-corrected chi connectivity index (χ0v) is 9.26. The summed E-state index contributed by atoms with van der Waals surface area (Å²) in [7, 11) is 0. The van der Waals surface area contributed by atoms with E-state index in [1.54, 1.807) is 0 Å². The molecule has 84 valence electrons. The zero-order chi connectivity index (χ0) is 11.0. The van der Waals surface area contributed by atoms with Crippen LogP contribution < -0.4 is 0 Å². The Hall–Kier alpha value is -1.15. The Morgan fingerprint density at radius 3 is 2.75 bits per heavy atom. The van der Waals surface area contributed by atoms with Gasteiger partial charge in [-0.3, -0.25) is 4.79 Å². The van der Waals surface area contributed by atoms with Crippen molar-refractivity contribution in [1.29, 1.82) is 0 Å². The van der Waals surface area contributed by atoms with Crippen LogP contribution in [0.5, 0.6) is 0 Å². The van der Waals surface area contributed by atoms with Gasteiger partial charge < -0.3 is 4.74 Å². The van der Waals surface area contributed by atoms with Crippen molar-refractivity contribution in [3.05, 3.63) is 35.9 Å². The van der Waals surface area contributed by atoms with Gasteiger partial charge in [-0.2, -0.15) is 0 Å². The van der Waals surface area contributed by atoms with Crippen molar-refractivity contribution in [2.75, 3.05) is 0 Å². The van der Waals surface area contributed by atoms with Crippen molar-refractivity contribution < 1.29 is 9.53 Å². The van der Waals surface area contributed by atoms with Gasteiger partial charge in [0.15, 0.2) is 5.78 Å². The van der Waals surface area contributed by atoms with Crippen molar-refractivity contribution >= 4 is 5.78 Å². The maximum atomic E-state index is 11.9. The predicted molar refractivity (Wildman–Crippen MR) is 61.3 cm³/mol. The second kappa shape index (κ2) is 4.02. The summed E-state index contributed by atoms with van der Waals surface area (Å²) in [5.41, 5.74) is 1.25. The molecule has 0 aliphatic carbocycles. The van der Waals surface area contributed by atoms with Gasteiger partial charge in [-0.25, -0.2) is 0 Å². The van der Waals surface area contributed by atoms with E-state index >= 15 is 0 Å². The summed E-state index contributed by atoms with van der Waals surface area (Å²) in [6, 6.07) is 10.3. The zero-order valence-electron chi connectivity index (χ0n) is 9.26. The first kappa shape index (κ1) is 10.0. The molecule has 0 amide bonds. The molecule has 1 aromatic carbocycles. The molecule has 2 nitrogen and oxygen atoms in total. The molecule has 0 radical (unpaired) electrons. The van der Waals surface area contributed by atoms with Gasteiger partial charge in [0.1, 0.15) is 6.10 Å². The molecule has 16 heavy (non-hydrogen) atoms. The lowest BCUT2D eigenvalue weighted by atomic mass is 9.85. The van der Waals surface area contributed by atoms with Gasteiger partial charge in [-0.05, 0) is 18.4 Å². The largest absolute Gasteiger partial charge is 0.366 e. The molecule has 2 heteroatoms. The van der Waals surface area contributed by atoms with Crippen LogP contribution in [-0.2, 0) is 9.53 Å². The van der Waals surface area contributed by atoms with Crippen molar-refractivity contribution in [2.45, 2.75) is 43.8 Å². The molecule has 2 bridgehead atoms. The van der Waals surface area contributed by atoms with Crippen LogP contribution in [-0.4, -0.2) is 18.0 Å². The van der Waals surface area contributed by atoms with Crippen molar-refractivity contribution in [3.63, 3.8) is 0 Å². The molecule has 0 unspecified atom stereocenters. The van der Waals surface area contributed by atoms with Crippen LogP contribution in [0.2, 0.25) is 0 Å². The molecule has 2 aliphatic rings. The van der Waals surface area contributed by atoms with Gasteiger partial charge in [0.25, 0.3) is 0 Å². The summed E-state index contributed by atoms with van der Waals surface area (Å²) in [6.07, 6.45) is 3.96. The molecule has 0 saturated carbocycles. The highest BCUT2D eigenvalue weighted by Crippen LogP contribution is 2.38. The van der Waals surface area contributed by atoms with Crippen LogP contribution in [0.3, 0.4) is 0 Å². The molecule has 2 saturated heterocycles. The third kappa shape index (κ3) is 1.67. The molecular formula is C14H16O2. The third-order valence-electron chi connectivity index (χ3n) is 3.72. The van der Waals surface area contributed by atoms with E-state index in [2.05, 4.69) is 12.1 Å². The van der Waals surface area contributed by atoms with Gasteiger partial charge >= 0.3 is 0 Å². The number of carbonyl (C=O) groups is 1. The van der Waals surface area contributed by atoms with Gasteiger partial charge in [0.05, 0.1) is 6.10 Å². The van der Waals surface area contributed by atoms with Gasteiger partial charge in [0, 0.05) is 12.3 Å². The minimum atomic E-state index is -0.171. The van der Waals surface area contributed by atoms with Crippen LogP contribution in [0.15, 0.2) is 30.3 Å². The Balaban J connectivity index is 1.91. The fourth-order valence-electron chi connectivity index (χ4n) is 2.92. The summed E-state index contributed by atoms with van der Waals surface area (Å²) >= 11 is 0. The summed E-state index contributed by atoms with van der Waals surface area (Å²) in [5.74, 6) is 0.583. The van der Waals surface area contributed by atoms with Crippen LogP contribution in [0.25, 0.3) is 0 Å². The Morgan fingerprint density at radius 2 is 1.94 bits per heavy atom. The molecular weight excluding hydrogens is 200 g/mol. The average Bonchev–Trinajstić information content (AvgIpc) is 2.55. The van der Waals surface area contributed by atoms with Crippen molar-refractivity contribution in [2.24, 2.45) is 0 Å². The molecule has 2 fully saturated rings. The van der Waals surface area contributed by atoms with Crippen LogP contribution in [0, 0.1) is 0 Å². The van der Waals surface area contributed by atoms with E-state index < -0.39 is 0 Å². The Bertz CT molecular complexity index is 385.